The SMILES string of the molecule is CC1=CC(=O)N(CC2CCC(C(=O)C(C)C)CC2)C1=O. The number of Topliss-reactive ketones (excluding diaryl/α,β-unsaturated/α-hetero) is 1. The second-order valence-electron chi connectivity index (χ2n) is 6.36. The van der Waals surface area contributed by atoms with Crippen LogP contribution in [-0.2, 0) is 14.4 Å². The fraction of sp³-hybridized carbons (Fsp3) is 0.688. The second-order valence-corrected chi connectivity index (χ2v) is 6.36. The van der Waals surface area contributed by atoms with E-state index in [1.54, 1.807) is 6.92 Å². The van der Waals surface area contributed by atoms with Crippen LogP contribution in [0.3, 0.4) is 0 Å². The molecule has 4 nitrogen and oxygen atoms in total. The summed E-state index contributed by atoms with van der Waals surface area (Å²) in [5.41, 5.74) is 0.527. The molecule has 0 N–H and O–H groups in total. The Bertz CT molecular complexity index is 456. The number of nitrogens with zero attached hydrogens (tertiary/aromatic N) is 1. The number of imide groups is 1. The highest BCUT2D eigenvalue weighted by Crippen LogP contribution is 2.32. The third kappa shape index (κ3) is 3.00. The minimum atomic E-state index is -0.187. The third-order valence-electron chi connectivity index (χ3n) is 4.45. The minimum Gasteiger partial charge on any atom is -0.299 e. The molecule has 20 heavy (non-hydrogen) atoms. The van der Waals surface area contributed by atoms with E-state index in [0.29, 0.717) is 23.8 Å². The average molecular weight is 277 g/mol. The third-order valence-corrected chi connectivity index (χ3v) is 4.45. The van der Waals surface area contributed by atoms with Gasteiger partial charge in [0.15, 0.2) is 0 Å². The number of rotatable bonds is 4. The number of hydrogen-bond donors (Lipinski definition) is 0. The normalized spacial score (nSPS) is 27.2. The van der Waals surface area contributed by atoms with Crippen LogP contribution in [-0.4, -0.2) is 29.0 Å². The van der Waals surface area contributed by atoms with E-state index in [1.165, 1.54) is 11.0 Å². The van der Waals surface area contributed by atoms with Crippen molar-refractivity contribution >= 4 is 17.6 Å². The van der Waals surface area contributed by atoms with E-state index in [0.717, 1.165) is 25.7 Å². The Morgan fingerprint density at radius 3 is 2.30 bits per heavy atom. The lowest BCUT2D eigenvalue weighted by molar-refractivity contribution is -0.138. The number of amides is 2. The first-order valence-electron chi connectivity index (χ1n) is 7.48. The van der Waals surface area contributed by atoms with Gasteiger partial charge in [0.1, 0.15) is 5.78 Å². The Balaban J connectivity index is 1.85. The molecule has 0 radical (unpaired) electrons. The molecule has 110 valence electrons. The van der Waals surface area contributed by atoms with Crippen LogP contribution in [0.1, 0.15) is 46.5 Å². The molecule has 1 aliphatic heterocycles. The van der Waals surface area contributed by atoms with Gasteiger partial charge in [0.25, 0.3) is 11.8 Å². The van der Waals surface area contributed by atoms with Gasteiger partial charge >= 0.3 is 0 Å². The molecular formula is C16H23NO3. The predicted octanol–water partition coefficient (Wildman–Crippen LogP) is 2.33. The Morgan fingerprint density at radius 2 is 1.85 bits per heavy atom. The fourth-order valence-electron chi connectivity index (χ4n) is 3.17. The zero-order chi connectivity index (χ0) is 14.9. The van der Waals surface area contributed by atoms with Crippen molar-refractivity contribution in [1.29, 1.82) is 0 Å². The molecule has 2 amide bonds. The summed E-state index contributed by atoms with van der Waals surface area (Å²) in [4.78, 5) is 36.9. The monoisotopic (exact) mass is 277 g/mol. The summed E-state index contributed by atoms with van der Waals surface area (Å²) in [7, 11) is 0. The van der Waals surface area contributed by atoms with E-state index >= 15 is 0 Å². The van der Waals surface area contributed by atoms with E-state index in [1.807, 2.05) is 13.8 Å². The van der Waals surface area contributed by atoms with Gasteiger partial charge in [0.2, 0.25) is 0 Å². The van der Waals surface area contributed by atoms with Crippen LogP contribution in [0, 0.1) is 17.8 Å². The predicted molar refractivity (Wildman–Crippen MR) is 75.8 cm³/mol. The zero-order valence-corrected chi connectivity index (χ0v) is 12.5. The second kappa shape index (κ2) is 5.90. The van der Waals surface area contributed by atoms with E-state index in [9.17, 15) is 14.4 Å². The molecule has 0 saturated heterocycles. The highest BCUT2D eigenvalue weighted by molar-refractivity contribution is 6.15. The van der Waals surface area contributed by atoms with Crippen molar-refractivity contribution < 1.29 is 14.4 Å². The van der Waals surface area contributed by atoms with Crippen LogP contribution in [0.4, 0.5) is 0 Å². The quantitative estimate of drug-likeness (QED) is 0.741. The summed E-state index contributed by atoms with van der Waals surface area (Å²) in [5, 5.41) is 0. The van der Waals surface area contributed by atoms with E-state index in [-0.39, 0.29) is 23.7 Å². The van der Waals surface area contributed by atoms with Crippen molar-refractivity contribution in [2.45, 2.75) is 46.5 Å². The first kappa shape index (κ1) is 14.9. The van der Waals surface area contributed by atoms with E-state index in [2.05, 4.69) is 0 Å². The molecule has 1 fully saturated rings. The molecule has 1 aliphatic carbocycles. The summed E-state index contributed by atoms with van der Waals surface area (Å²) in [6.07, 6.45) is 5.06. The van der Waals surface area contributed by atoms with Gasteiger partial charge in [-0.05, 0) is 38.5 Å². The average Bonchev–Trinajstić information content (AvgIpc) is 2.65. The standard InChI is InChI=1S/C16H23NO3/c1-10(2)15(19)13-6-4-12(5-7-13)9-17-14(18)8-11(3)16(17)20/h8,10,12-13H,4-7,9H2,1-3H3. The van der Waals surface area contributed by atoms with E-state index < -0.39 is 0 Å². The molecular weight excluding hydrogens is 254 g/mol. The van der Waals surface area contributed by atoms with Gasteiger partial charge in [-0.15, -0.1) is 0 Å². The van der Waals surface area contributed by atoms with Crippen molar-refractivity contribution in [2.75, 3.05) is 6.54 Å². The van der Waals surface area contributed by atoms with Crippen molar-refractivity contribution in [3.8, 4) is 0 Å². The molecule has 0 aromatic rings. The number of hydrogen-bond acceptors (Lipinski definition) is 3. The smallest absolute Gasteiger partial charge is 0.256 e. The van der Waals surface area contributed by atoms with Crippen molar-refractivity contribution in [3.63, 3.8) is 0 Å². The van der Waals surface area contributed by atoms with Gasteiger partial charge in [-0.1, -0.05) is 13.8 Å². The molecule has 0 aromatic carbocycles. The van der Waals surface area contributed by atoms with Crippen LogP contribution < -0.4 is 0 Å². The van der Waals surface area contributed by atoms with Crippen LogP contribution in [0.5, 0.6) is 0 Å². The van der Waals surface area contributed by atoms with Crippen LogP contribution in [0.25, 0.3) is 0 Å². The van der Waals surface area contributed by atoms with Crippen molar-refractivity contribution in [1.82, 2.24) is 4.90 Å². The summed E-state index contributed by atoms with van der Waals surface area (Å²) >= 11 is 0. The molecule has 1 saturated carbocycles. The maximum absolute atomic E-state index is 12.0. The van der Waals surface area contributed by atoms with Gasteiger partial charge in [0.05, 0.1) is 0 Å². The summed E-state index contributed by atoms with van der Waals surface area (Å²) in [6, 6.07) is 0. The van der Waals surface area contributed by atoms with Gasteiger partial charge < -0.3 is 0 Å². The summed E-state index contributed by atoms with van der Waals surface area (Å²) in [5.74, 6) is 0.636. The highest BCUT2D eigenvalue weighted by atomic mass is 16.2. The van der Waals surface area contributed by atoms with Crippen LogP contribution in [0.15, 0.2) is 11.6 Å². The molecule has 2 aliphatic rings. The molecule has 0 atom stereocenters. The fourth-order valence-corrected chi connectivity index (χ4v) is 3.17. The van der Waals surface area contributed by atoms with Gasteiger partial charge in [0, 0.05) is 30.0 Å². The van der Waals surface area contributed by atoms with Gasteiger partial charge in [-0.3, -0.25) is 19.3 Å². The minimum absolute atomic E-state index is 0.102. The number of ketones is 1. The Hall–Kier alpha value is -1.45. The maximum atomic E-state index is 12.0. The van der Waals surface area contributed by atoms with Crippen molar-refractivity contribution in [2.24, 2.45) is 17.8 Å². The largest absolute Gasteiger partial charge is 0.299 e. The zero-order valence-electron chi connectivity index (χ0n) is 12.5. The lowest BCUT2D eigenvalue weighted by atomic mass is 9.77. The summed E-state index contributed by atoms with van der Waals surface area (Å²) < 4.78 is 0. The van der Waals surface area contributed by atoms with Gasteiger partial charge in [-0.2, -0.15) is 0 Å². The molecule has 0 unspecified atom stereocenters. The number of carbonyl (C=O) groups excluding carboxylic acids is 3. The van der Waals surface area contributed by atoms with Crippen molar-refractivity contribution in [3.05, 3.63) is 11.6 Å². The first-order valence-corrected chi connectivity index (χ1v) is 7.48. The molecule has 4 heteroatoms. The lowest BCUT2D eigenvalue weighted by Gasteiger charge is -2.30. The molecule has 2 rings (SSSR count). The highest BCUT2D eigenvalue weighted by Gasteiger charge is 2.33. The van der Waals surface area contributed by atoms with E-state index in [4.69, 9.17) is 0 Å². The molecule has 1 heterocycles. The van der Waals surface area contributed by atoms with Crippen LogP contribution in [0.2, 0.25) is 0 Å². The molecule has 0 spiro atoms. The lowest BCUT2D eigenvalue weighted by Crippen LogP contribution is -2.37. The summed E-state index contributed by atoms with van der Waals surface area (Å²) in [6.45, 7) is 6.08. The van der Waals surface area contributed by atoms with Crippen LogP contribution >= 0.6 is 0 Å². The maximum Gasteiger partial charge on any atom is 0.256 e. The molecule has 0 bridgehead atoms. The Kier molecular flexibility index (Phi) is 4.41. The Labute approximate surface area is 120 Å². The Morgan fingerprint density at radius 1 is 1.25 bits per heavy atom. The number of carbonyl (C=O) groups is 3. The van der Waals surface area contributed by atoms with Gasteiger partial charge in [-0.25, -0.2) is 0 Å². The topological polar surface area (TPSA) is 54.5 Å². The molecule has 0 aromatic heterocycles. The first-order chi connectivity index (χ1) is 9.40.